The smallest absolute Gasteiger partial charge is 0.271 e. The average Bonchev–Trinajstić information content (AvgIpc) is 2.55. The van der Waals surface area contributed by atoms with Crippen molar-refractivity contribution in [3.63, 3.8) is 0 Å². The van der Waals surface area contributed by atoms with Crippen molar-refractivity contribution in [2.45, 2.75) is 13.0 Å². The number of carbonyl (C=O) groups excluding carboxylic acids is 1. The standard InChI is InChI=1S/C16H16FN3O5S/c1-11(16(21)18-12-6-5-7-13(10-12)20(22)23)19(26(2,24)25)15-9-4-3-8-14(15)17/h3-11H,1-2H3,(H,18,21)/t11-/m0/s1. The Morgan fingerprint density at radius 2 is 1.88 bits per heavy atom. The van der Waals surface area contributed by atoms with Crippen molar-refractivity contribution in [3.8, 4) is 0 Å². The number of nitrogens with zero attached hydrogens (tertiary/aromatic N) is 2. The number of sulfonamides is 1. The minimum Gasteiger partial charge on any atom is -0.324 e. The van der Waals surface area contributed by atoms with E-state index in [0.717, 1.165) is 18.4 Å². The zero-order valence-corrected chi connectivity index (χ0v) is 14.7. The summed E-state index contributed by atoms with van der Waals surface area (Å²) in [4.78, 5) is 22.6. The van der Waals surface area contributed by atoms with Crippen LogP contribution in [0.2, 0.25) is 0 Å². The van der Waals surface area contributed by atoms with Gasteiger partial charge in [-0.1, -0.05) is 18.2 Å². The Morgan fingerprint density at radius 1 is 1.23 bits per heavy atom. The van der Waals surface area contributed by atoms with Gasteiger partial charge in [-0.2, -0.15) is 0 Å². The molecule has 1 N–H and O–H groups in total. The van der Waals surface area contributed by atoms with Crippen LogP contribution in [0.5, 0.6) is 0 Å². The van der Waals surface area contributed by atoms with E-state index in [2.05, 4.69) is 5.32 Å². The predicted octanol–water partition coefficient (Wildman–Crippen LogP) is 2.53. The average molecular weight is 381 g/mol. The number of non-ortho nitro benzene ring substituents is 1. The molecule has 0 aliphatic heterocycles. The summed E-state index contributed by atoms with van der Waals surface area (Å²) in [5, 5.41) is 13.2. The second-order valence-electron chi connectivity index (χ2n) is 5.48. The molecule has 2 rings (SSSR count). The molecule has 0 saturated carbocycles. The van der Waals surface area contributed by atoms with Crippen LogP contribution >= 0.6 is 0 Å². The van der Waals surface area contributed by atoms with Crippen LogP contribution in [0.4, 0.5) is 21.5 Å². The van der Waals surface area contributed by atoms with Crippen LogP contribution in [0.3, 0.4) is 0 Å². The van der Waals surface area contributed by atoms with E-state index < -0.39 is 32.7 Å². The van der Waals surface area contributed by atoms with Crippen LogP contribution in [0.25, 0.3) is 0 Å². The maximum atomic E-state index is 14.0. The number of nitrogens with one attached hydrogen (secondary N) is 1. The van der Waals surface area contributed by atoms with Gasteiger partial charge < -0.3 is 5.32 Å². The van der Waals surface area contributed by atoms with E-state index >= 15 is 0 Å². The highest BCUT2D eigenvalue weighted by Crippen LogP contribution is 2.25. The molecule has 0 spiro atoms. The predicted molar refractivity (Wildman–Crippen MR) is 94.9 cm³/mol. The lowest BCUT2D eigenvalue weighted by molar-refractivity contribution is -0.384. The Morgan fingerprint density at radius 3 is 2.46 bits per heavy atom. The van der Waals surface area contributed by atoms with Gasteiger partial charge in [-0.3, -0.25) is 19.2 Å². The molecule has 0 heterocycles. The Balaban J connectivity index is 2.33. The molecular formula is C16H16FN3O5S. The number of hydrogen-bond donors (Lipinski definition) is 1. The number of anilines is 2. The van der Waals surface area contributed by atoms with E-state index in [1.807, 2.05) is 0 Å². The fraction of sp³-hybridized carbons (Fsp3) is 0.188. The summed E-state index contributed by atoms with van der Waals surface area (Å²) in [5.74, 6) is -1.56. The molecule has 0 bridgehead atoms. The molecule has 26 heavy (non-hydrogen) atoms. The SMILES string of the molecule is C[C@@H](C(=O)Nc1cccc([N+](=O)[O-])c1)N(c1ccccc1F)S(C)(=O)=O. The Labute approximate surface area is 149 Å². The molecule has 0 fully saturated rings. The van der Waals surface area contributed by atoms with E-state index in [4.69, 9.17) is 0 Å². The van der Waals surface area contributed by atoms with Gasteiger partial charge in [0.25, 0.3) is 5.69 Å². The van der Waals surface area contributed by atoms with E-state index in [9.17, 15) is 27.7 Å². The minimum atomic E-state index is -3.97. The molecule has 0 aliphatic rings. The van der Waals surface area contributed by atoms with Gasteiger partial charge in [0, 0.05) is 17.8 Å². The number of para-hydroxylation sites is 1. The first-order chi connectivity index (χ1) is 12.1. The summed E-state index contributed by atoms with van der Waals surface area (Å²) in [6.07, 6.45) is 0.858. The topological polar surface area (TPSA) is 110 Å². The molecule has 2 aromatic carbocycles. The largest absolute Gasteiger partial charge is 0.324 e. The Hall–Kier alpha value is -3.01. The molecule has 0 aliphatic carbocycles. The summed E-state index contributed by atoms with van der Waals surface area (Å²) < 4.78 is 38.9. The normalized spacial score (nSPS) is 12.3. The van der Waals surface area contributed by atoms with Crippen LogP contribution in [-0.4, -0.2) is 31.5 Å². The molecule has 0 aromatic heterocycles. The summed E-state index contributed by atoms with van der Waals surface area (Å²) in [7, 11) is -3.97. The van der Waals surface area contributed by atoms with Gasteiger partial charge >= 0.3 is 0 Å². The van der Waals surface area contributed by atoms with Gasteiger partial charge in [-0.25, -0.2) is 12.8 Å². The molecule has 1 atom stereocenters. The molecule has 10 heteroatoms. The number of rotatable bonds is 6. The second kappa shape index (κ2) is 7.48. The first kappa shape index (κ1) is 19.3. The van der Waals surface area contributed by atoms with Gasteiger partial charge in [-0.05, 0) is 25.1 Å². The van der Waals surface area contributed by atoms with Gasteiger partial charge in [0.1, 0.15) is 11.9 Å². The summed E-state index contributed by atoms with van der Waals surface area (Å²) >= 11 is 0. The number of nitro benzene ring substituents is 1. The molecule has 0 unspecified atom stereocenters. The van der Waals surface area contributed by atoms with Gasteiger partial charge in [0.15, 0.2) is 0 Å². The summed E-state index contributed by atoms with van der Waals surface area (Å²) in [5.41, 5.74) is -0.376. The highest BCUT2D eigenvalue weighted by Gasteiger charge is 2.31. The summed E-state index contributed by atoms with van der Waals surface area (Å²) in [6, 6.07) is 9.07. The lowest BCUT2D eigenvalue weighted by atomic mass is 10.2. The van der Waals surface area contributed by atoms with Gasteiger partial charge in [-0.15, -0.1) is 0 Å². The highest BCUT2D eigenvalue weighted by molar-refractivity contribution is 7.92. The molecule has 0 saturated heterocycles. The van der Waals surface area contributed by atoms with Crippen molar-refractivity contribution in [1.82, 2.24) is 0 Å². The second-order valence-corrected chi connectivity index (χ2v) is 7.34. The van der Waals surface area contributed by atoms with Crippen LogP contribution in [-0.2, 0) is 14.8 Å². The first-order valence-corrected chi connectivity index (χ1v) is 9.25. The number of hydrogen-bond acceptors (Lipinski definition) is 5. The van der Waals surface area contributed by atoms with Crippen LogP contribution in [0.1, 0.15) is 6.92 Å². The van der Waals surface area contributed by atoms with Crippen molar-refractivity contribution < 1.29 is 22.5 Å². The van der Waals surface area contributed by atoms with E-state index in [0.29, 0.717) is 4.31 Å². The van der Waals surface area contributed by atoms with Gasteiger partial charge in [0.2, 0.25) is 15.9 Å². The Bertz CT molecular complexity index is 948. The van der Waals surface area contributed by atoms with Crippen molar-refractivity contribution >= 4 is 33.0 Å². The lowest BCUT2D eigenvalue weighted by Crippen LogP contribution is -2.45. The molecule has 1 amide bonds. The quantitative estimate of drug-likeness (QED) is 0.611. The number of benzene rings is 2. The maximum absolute atomic E-state index is 14.0. The molecular weight excluding hydrogens is 365 g/mol. The molecule has 0 radical (unpaired) electrons. The third-order valence-corrected chi connectivity index (χ3v) is 4.73. The molecule has 2 aromatic rings. The molecule has 138 valence electrons. The fourth-order valence-corrected chi connectivity index (χ4v) is 3.53. The number of nitro groups is 1. The monoisotopic (exact) mass is 381 g/mol. The maximum Gasteiger partial charge on any atom is 0.271 e. The number of carbonyl (C=O) groups is 1. The van der Waals surface area contributed by atoms with Crippen LogP contribution < -0.4 is 9.62 Å². The van der Waals surface area contributed by atoms with Crippen molar-refractivity contribution in [2.75, 3.05) is 15.9 Å². The number of amides is 1. The third-order valence-electron chi connectivity index (χ3n) is 3.50. The van der Waals surface area contributed by atoms with Crippen LogP contribution in [0.15, 0.2) is 48.5 Å². The summed E-state index contributed by atoms with van der Waals surface area (Å²) in [6.45, 7) is 1.29. The highest BCUT2D eigenvalue weighted by atomic mass is 32.2. The zero-order chi connectivity index (χ0) is 19.5. The van der Waals surface area contributed by atoms with E-state index in [-0.39, 0.29) is 17.1 Å². The first-order valence-electron chi connectivity index (χ1n) is 7.40. The van der Waals surface area contributed by atoms with Crippen LogP contribution in [0, 0.1) is 15.9 Å². The lowest BCUT2D eigenvalue weighted by Gasteiger charge is -2.28. The fourth-order valence-electron chi connectivity index (χ4n) is 2.36. The zero-order valence-electron chi connectivity index (χ0n) is 13.9. The van der Waals surface area contributed by atoms with Crippen molar-refractivity contribution in [3.05, 3.63) is 64.5 Å². The van der Waals surface area contributed by atoms with Crippen molar-refractivity contribution in [2.24, 2.45) is 0 Å². The van der Waals surface area contributed by atoms with Gasteiger partial charge in [0.05, 0.1) is 16.9 Å². The van der Waals surface area contributed by atoms with E-state index in [1.165, 1.54) is 43.3 Å². The van der Waals surface area contributed by atoms with Crippen molar-refractivity contribution in [1.29, 1.82) is 0 Å². The van der Waals surface area contributed by atoms with E-state index in [1.54, 1.807) is 0 Å². The third kappa shape index (κ3) is 4.33. The molecule has 8 nitrogen and oxygen atoms in total. The minimum absolute atomic E-state index is 0.123. The number of halogens is 1. The Kier molecular flexibility index (Phi) is 5.56.